The highest BCUT2D eigenvalue weighted by Gasteiger charge is 2.15. The first kappa shape index (κ1) is 12.1. The lowest BCUT2D eigenvalue weighted by molar-refractivity contribution is 0.0693. The van der Waals surface area contributed by atoms with Gasteiger partial charge in [0.2, 0.25) is 0 Å². The Morgan fingerprint density at radius 3 is 3.00 bits per heavy atom. The van der Waals surface area contributed by atoms with Crippen LogP contribution in [0.1, 0.15) is 17.3 Å². The van der Waals surface area contributed by atoms with E-state index in [1.807, 2.05) is 6.92 Å². The molecule has 5 nitrogen and oxygen atoms in total. The van der Waals surface area contributed by atoms with E-state index in [9.17, 15) is 9.18 Å². The van der Waals surface area contributed by atoms with Crippen LogP contribution in [0.2, 0.25) is 0 Å². The first-order chi connectivity index (χ1) is 8.61. The summed E-state index contributed by atoms with van der Waals surface area (Å²) in [7, 11) is 0. The number of carboxylic acids is 1. The van der Waals surface area contributed by atoms with E-state index in [-0.39, 0.29) is 17.3 Å². The monoisotopic (exact) mass is 250 g/mol. The van der Waals surface area contributed by atoms with Gasteiger partial charge in [0.1, 0.15) is 17.1 Å². The van der Waals surface area contributed by atoms with Gasteiger partial charge in [0.15, 0.2) is 0 Å². The lowest BCUT2D eigenvalue weighted by Crippen LogP contribution is -2.03. The molecule has 94 valence electrons. The van der Waals surface area contributed by atoms with Crippen LogP contribution in [0.4, 0.5) is 4.39 Å². The summed E-state index contributed by atoms with van der Waals surface area (Å²) < 4.78 is 20.1. The van der Waals surface area contributed by atoms with Crippen LogP contribution in [-0.4, -0.2) is 20.6 Å². The number of aryl methyl sites for hydroxylation is 1. The fourth-order valence-electron chi connectivity index (χ4n) is 1.50. The van der Waals surface area contributed by atoms with Gasteiger partial charge >= 0.3 is 12.0 Å². The van der Waals surface area contributed by atoms with E-state index in [0.29, 0.717) is 6.54 Å². The van der Waals surface area contributed by atoms with Gasteiger partial charge in [-0.05, 0) is 25.1 Å². The molecule has 1 heterocycles. The Labute approximate surface area is 102 Å². The number of hydrogen-bond acceptors (Lipinski definition) is 3. The van der Waals surface area contributed by atoms with Crippen LogP contribution < -0.4 is 4.74 Å². The van der Waals surface area contributed by atoms with Gasteiger partial charge in [-0.25, -0.2) is 14.2 Å². The molecular weight excluding hydrogens is 239 g/mol. The van der Waals surface area contributed by atoms with E-state index >= 15 is 0 Å². The molecule has 18 heavy (non-hydrogen) atoms. The number of benzene rings is 1. The van der Waals surface area contributed by atoms with Crippen molar-refractivity contribution in [2.24, 2.45) is 0 Å². The minimum absolute atomic E-state index is 0.0600. The third-order valence-corrected chi connectivity index (χ3v) is 2.39. The molecule has 1 aromatic heterocycles. The van der Waals surface area contributed by atoms with Crippen molar-refractivity contribution in [2.45, 2.75) is 13.5 Å². The van der Waals surface area contributed by atoms with E-state index < -0.39 is 11.8 Å². The van der Waals surface area contributed by atoms with Crippen molar-refractivity contribution in [3.63, 3.8) is 0 Å². The predicted octanol–water partition coefficient (Wildman–Crippen LogP) is 2.53. The van der Waals surface area contributed by atoms with Crippen molar-refractivity contribution < 1.29 is 19.0 Å². The Balaban J connectivity index is 2.37. The van der Waals surface area contributed by atoms with Crippen molar-refractivity contribution in [3.05, 3.63) is 42.0 Å². The van der Waals surface area contributed by atoms with Gasteiger partial charge in [-0.15, -0.1) is 0 Å². The largest absolute Gasteiger partial charge is 0.478 e. The van der Waals surface area contributed by atoms with Gasteiger partial charge in [-0.1, -0.05) is 0 Å². The van der Waals surface area contributed by atoms with Crippen molar-refractivity contribution in [3.8, 4) is 11.8 Å². The molecule has 0 radical (unpaired) electrons. The zero-order chi connectivity index (χ0) is 13.1. The van der Waals surface area contributed by atoms with Crippen LogP contribution in [0.15, 0.2) is 30.6 Å². The fraction of sp³-hybridized carbons (Fsp3) is 0.167. The Bertz CT molecular complexity index is 580. The number of rotatable bonds is 4. The molecule has 0 aliphatic carbocycles. The van der Waals surface area contributed by atoms with E-state index in [4.69, 9.17) is 9.84 Å². The van der Waals surface area contributed by atoms with Crippen LogP contribution in [0.25, 0.3) is 0 Å². The number of carboxylic acid groups (broad SMARTS) is 1. The molecule has 0 fully saturated rings. The molecule has 0 aliphatic heterocycles. The first-order valence-corrected chi connectivity index (χ1v) is 5.33. The zero-order valence-corrected chi connectivity index (χ0v) is 9.63. The van der Waals surface area contributed by atoms with Crippen molar-refractivity contribution in [1.29, 1.82) is 0 Å². The molecule has 0 atom stereocenters. The van der Waals surface area contributed by atoms with Gasteiger partial charge in [0.05, 0.1) is 0 Å². The van der Waals surface area contributed by atoms with Crippen LogP contribution in [0, 0.1) is 5.82 Å². The Morgan fingerprint density at radius 2 is 2.33 bits per heavy atom. The van der Waals surface area contributed by atoms with Crippen molar-refractivity contribution >= 4 is 5.97 Å². The molecule has 1 N–H and O–H groups in total. The molecular formula is C12H11FN2O3. The van der Waals surface area contributed by atoms with Gasteiger partial charge in [0, 0.05) is 18.9 Å². The van der Waals surface area contributed by atoms with Gasteiger partial charge in [0.25, 0.3) is 0 Å². The molecule has 0 saturated carbocycles. The maximum Gasteiger partial charge on any atom is 0.339 e. The average Bonchev–Trinajstić information content (AvgIpc) is 2.78. The number of carbonyl (C=O) groups is 1. The minimum atomic E-state index is -1.25. The highest BCUT2D eigenvalue weighted by atomic mass is 19.1. The summed E-state index contributed by atoms with van der Waals surface area (Å²) in [5, 5.41) is 8.97. The van der Waals surface area contributed by atoms with Crippen LogP contribution in [-0.2, 0) is 6.54 Å². The number of nitrogens with zero attached hydrogens (tertiary/aromatic N) is 2. The summed E-state index contributed by atoms with van der Waals surface area (Å²) in [6.07, 6.45) is 3.25. The molecule has 0 unspecified atom stereocenters. The molecule has 0 saturated heterocycles. The standard InChI is InChI=1S/C12H11FN2O3/c1-2-15-6-5-14-12(15)18-10-4-3-8(13)7-9(10)11(16)17/h3-7H,2H2,1H3,(H,16,17). The second kappa shape index (κ2) is 4.87. The maximum atomic E-state index is 13.0. The smallest absolute Gasteiger partial charge is 0.339 e. The molecule has 2 aromatic rings. The fourth-order valence-corrected chi connectivity index (χ4v) is 1.50. The lowest BCUT2D eigenvalue weighted by Gasteiger charge is -2.09. The molecule has 0 spiro atoms. The summed E-state index contributed by atoms with van der Waals surface area (Å²) in [4.78, 5) is 14.9. The highest BCUT2D eigenvalue weighted by Crippen LogP contribution is 2.25. The molecule has 2 rings (SSSR count). The number of halogens is 1. The Morgan fingerprint density at radius 1 is 1.56 bits per heavy atom. The topological polar surface area (TPSA) is 64.4 Å². The molecule has 0 amide bonds. The first-order valence-electron chi connectivity index (χ1n) is 5.33. The molecule has 6 heteroatoms. The minimum Gasteiger partial charge on any atom is -0.478 e. The van der Waals surface area contributed by atoms with Crippen LogP contribution >= 0.6 is 0 Å². The predicted molar refractivity (Wildman–Crippen MR) is 61.3 cm³/mol. The highest BCUT2D eigenvalue weighted by molar-refractivity contribution is 5.90. The molecule has 1 aromatic carbocycles. The van der Waals surface area contributed by atoms with Crippen molar-refractivity contribution in [2.75, 3.05) is 0 Å². The van der Waals surface area contributed by atoms with Crippen LogP contribution in [0.3, 0.4) is 0 Å². The van der Waals surface area contributed by atoms with E-state index in [0.717, 1.165) is 12.1 Å². The number of ether oxygens (including phenoxy) is 1. The summed E-state index contributed by atoms with van der Waals surface area (Å²) in [5.41, 5.74) is -0.236. The number of aromatic nitrogens is 2. The summed E-state index contributed by atoms with van der Waals surface area (Å²) in [6, 6.07) is 3.59. The number of imidazole rings is 1. The Kier molecular flexibility index (Phi) is 3.27. The maximum absolute atomic E-state index is 13.0. The SMILES string of the molecule is CCn1ccnc1Oc1ccc(F)cc1C(=O)O. The average molecular weight is 250 g/mol. The van der Waals surface area contributed by atoms with Crippen LogP contribution in [0.5, 0.6) is 11.8 Å². The van der Waals surface area contributed by atoms with Gasteiger partial charge in [-0.3, -0.25) is 0 Å². The zero-order valence-electron chi connectivity index (χ0n) is 9.63. The molecule has 0 bridgehead atoms. The summed E-state index contributed by atoms with van der Waals surface area (Å²) in [5.74, 6) is -1.82. The normalized spacial score (nSPS) is 10.3. The number of aromatic carboxylic acids is 1. The second-order valence-corrected chi connectivity index (χ2v) is 3.54. The Hall–Kier alpha value is -2.37. The van der Waals surface area contributed by atoms with Gasteiger partial charge < -0.3 is 14.4 Å². The number of hydrogen-bond donors (Lipinski definition) is 1. The third kappa shape index (κ3) is 2.32. The summed E-state index contributed by atoms with van der Waals surface area (Å²) in [6.45, 7) is 2.54. The summed E-state index contributed by atoms with van der Waals surface area (Å²) >= 11 is 0. The quantitative estimate of drug-likeness (QED) is 0.905. The van der Waals surface area contributed by atoms with E-state index in [1.165, 1.54) is 6.07 Å². The van der Waals surface area contributed by atoms with E-state index in [1.54, 1.807) is 17.0 Å². The second-order valence-electron chi connectivity index (χ2n) is 3.54. The molecule has 0 aliphatic rings. The van der Waals surface area contributed by atoms with Gasteiger partial charge in [-0.2, -0.15) is 0 Å². The lowest BCUT2D eigenvalue weighted by atomic mass is 10.2. The third-order valence-electron chi connectivity index (χ3n) is 2.39. The van der Waals surface area contributed by atoms with E-state index in [2.05, 4.69) is 4.98 Å². The van der Waals surface area contributed by atoms with Crippen molar-refractivity contribution in [1.82, 2.24) is 9.55 Å².